The van der Waals surface area contributed by atoms with E-state index in [0.29, 0.717) is 22.0 Å². The van der Waals surface area contributed by atoms with Crippen molar-refractivity contribution in [1.29, 1.82) is 5.26 Å². The lowest BCUT2D eigenvalue weighted by atomic mass is 9.88. The van der Waals surface area contributed by atoms with Crippen molar-refractivity contribution in [2.45, 2.75) is 38.7 Å². The molecule has 0 unspecified atom stereocenters. The fourth-order valence-electron chi connectivity index (χ4n) is 3.67. The third kappa shape index (κ3) is 2.89. The fraction of sp³-hybridized carbons (Fsp3) is 0.350. The second-order valence-corrected chi connectivity index (χ2v) is 8.01. The van der Waals surface area contributed by atoms with Crippen LogP contribution in [0.2, 0.25) is 0 Å². The Morgan fingerprint density at radius 1 is 1.42 bits per heavy atom. The molecule has 0 bridgehead atoms. The SMILES string of the molecule is C[C@H]1CCc2c(sc(NC(=O)C[C@@H]3OC(=O)c4ccccc43)c2C#N)C1. The summed E-state index contributed by atoms with van der Waals surface area (Å²) < 4.78 is 5.33. The molecule has 2 atom stereocenters. The number of nitrogens with one attached hydrogen (secondary N) is 1. The summed E-state index contributed by atoms with van der Waals surface area (Å²) in [4.78, 5) is 25.6. The maximum absolute atomic E-state index is 12.5. The number of ether oxygens (including phenoxy) is 1. The highest BCUT2D eigenvalue weighted by atomic mass is 32.1. The maximum Gasteiger partial charge on any atom is 0.339 e. The average Bonchev–Trinajstić information content (AvgIpc) is 3.12. The predicted octanol–water partition coefficient (Wildman–Crippen LogP) is 3.98. The highest BCUT2D eigenvalue weighted by Crippen LogP contribution is 2.40. The molecule has 1 aromatic heterocycles. The Bertz CT molecular complexity index is 941. The smallest absolute Gasteiger partial charge is 0.339 e. The Morgan fingerprint density at radius 3 is 3.04 bits per heavy atom. The second kappa shape index (κ2) is 6.58. The van der Waals surface area contributed by atoms with Gasteiger partial charge >= 0.3 is 5.97 Å². The van der Waals surface area contributed by atoms with Crippen LogP contribution in [0.15, 0.2) is 24.3 Å². The van der Waals surface area contributed by atoms with Crippen LogP contribution in [0.25, 0.3) is 0 Å². The highest BCUT2D eigenvalue weighted by Gasteiger charge is 2.32. The van der Waals surface area contributed by atoms with Crippen molar-refractivity contribution in [2.75, 3.05) is 5.32 Å². The van der Waals surface area contributed by atoms with Crippen LogP contribution in [0.4, 0.5) is 5.00 Å². The lowest BCUT2D eigenvalue weighted by Gasteiger charge is -2.17. The van der Waals surface area contributed by atoms with E-state index in [1.165, 1.54) is 16.2 Å². The first kappa shape index (κ1) is 16.8. The Balaban J connectivity index is 1.52. The van der Waals surface area contributed by atoms with Gasteiger partial charge in [-0.3, -0.25) is 4.79 Å². The number of amides is 1. The number of nitrogens with zero attached hydrogens (tertiary/aromatic N) is 1. The van der Waals surface area contributed by atoms with Crippen LogP contribution in [0, 0.1) is 17.2 Å². The van der Waals surface area contributed by atoms with Gasteiger partial charge in [-0.05, 0) is 36.8 Å². The number of carbonyl (C=O) groups is 2. The second-order valence-electron chi connectivity index (χ2n) is 6.90. The van der Waals surface area contributed by atoms with Gasteiger partial charge in [0.2, 0.25) is 5.91 Å². The molecule has 1 aliphatic heterocycles. The first-order valence-electron chi connectivity index (χ1n) is 8.71. The third-order valence-corrected chi connectivity index (χ3v) is 6.19. The average molecular weight is 366 g/mol. The molecule has 1 aliphatic carbocycles. The zero-order valence-corrected chi connectivity index (χ0v) is 15.2. The maximum atomic E-state index is 12.5. The van der Waals surface area contributed by atoms with Crippen LogP contribution in [0.5, 0.6) is 0 Å². The number of thiophene rings is 1. The number of fused-ring (bicyclic) bond motifs is 2. The van der Waals surface area contributed by atoms with Crippen molar-refractivity contribution in [3.63, 3.8) is 0 Å². The number of hydrogen-bond acceptors (Lipinski definition) is 5. The monoisotopic (exact) mass is 366 g/mol. The topological polar surface area (TPSA) is 79.2 Å². The van der Waals surface area contributed by atoms with Gasteiger partial charge in [-0.25, -0.2) is 4.79 Å². The molecule has 0 saturated carbocycles. The van der Waals surface area contributed by atoms with Gasteiger partial charge in [-0.15, -0.1) is 11.3 Å². The minimum atomic E-state index is -0.571. The number of nitriles is 1. The number of carbonyl (C=O) groups excluding carboxylic acids is 2. The largest absolute Gasteiger partial charge is 0.453 e. The van der Waals surface area contributed by atoms with E-state index in [1.54, 1.807) is 12.1 Å². The van der Waals surface area contributed by atoms with Crippen molar-refractivity contribution in [1.82, 2.24) is 0 Å². The molecule has 26 heavy (non-hydrogen) atoms. The summed E-state index contributed by atoms with van der Waals surface area (Å²) in [6.45, 7) is 2.21. The Kier molecular flexibility index (Phi) is 4.25. The lowest BCUT2D eigenvalue weighted by Crippen LogP contribution is -2.15. The van der Waals surface area contributed by atoms with Crippen LogP contribution < -0.4 is 5.32 Å². The van der Waals surface area contributed by atoms with Gasteiger partial charge < -0.3 is 10.1 Å². The first-order chi connectivity index (χ1) is 12.6. The molecule has 6 heteroatoms. The molecule has 2 aromatic rings. The van der Waals surface area contributed by atoms with Crippen molar-refractivity contribution in [2.24, 2.45) is 5.92 Å². The van der Waals surface area contributed by atoms with Crippen LogP contribution in [-0.2, 0) is 22.4 Å². The molecule has 0 spiro atoms. The summed E-state index contributed by atoms with van der Waals surface area (Å²) >= 11 is 1.50. The fourth-order valence-corrected chi connectivity index (χ4v) is 5.05. The van der Waals surface area contributed by atoms with E-state index < -0.39 is 12.1 Å². The van der Waals surface area contributed by atoms with Crippen LogP contribution in [0.3, 0.4) is 0 Å². The van der Waals surface area contributed by atoms with Gasteiger partial charge in [0, 0.05) is 10.4 Å². The van der Waals surface area contributed by atoms with E-state index in [1.807, 2.05) is 12.1 Å². The van der Waals surface area contributed by atoms with E-state index in [4.69, 9.17) is 4.74 Å². The number of hydrogen-bond donors (Lipinski definition) is 1. The Hall–Kier alpha value is -2.65. The number of anilines is 1. The molecular weight excluding hydrogens is 348 g/mol. The molecule has 2 aliphatic rings. The quantitative estimate of drug-likeness (QED) is 0.833. The van der Waals surface area contributed by atoms with E-state index >= 15 is 0 Å². The normalized spacial score (nSPS) is 20.7. The third-order valence-electron chi connectivity index (χ3n) is 5.02. The van der Waals surface area contributed by atoms with Gasteiger partial charge in [0.05, 0.1) is 17.5 Å². The summed E-state index contributed by atoms with van der Waals surface area (Å²) in [5.41, 5.74) is 2.94. The summed E-state index contributed by atoms with van der Waals surface area (Å²) in [7, 11) is 0. The van der Waals surface area contributed by atoms with Crippen LogP contribution >= 0.6 is 11.3 Å². The number of esters is 1. The molecule has 132 valence electrons. The highest BCUT2D eigenvalue weighted by molar-refractivity contribution is 7.16. The van der Waals surface area contributed by atoms with Crippen molar-refractivity contribution < 1.29 is 14.3 Å². The van der Waals surface area contributed by atoms with Gasteiger partial charge in [-0.1, -0.05) is 25.1 Å². The zero-order valence-electron chi connectivity index (χ0n) is 14.4. The van der Waals surface area contributed by atoms with Crippen LogP contribution in [-0.4, -0.2) is 11.9 Å². The summed E-state index contributed by atoms with van der Waals surface area (Å²) in [6, 6.07) is 9.37. The molecule has 0 radical (unpaired) electrons. The number of benzene rings is 1. The minimum Gasteiger partial charge on any atom is -0.453 e. The first-order valence-corrected chi connectivity index (χ1v) is 9.53. The van der Waals surface area contributed by atoms with Crippen molar-refractivity contribution in [3.05, 3.63) is 51.4 Å². The Morgan fingerprint density at radius 2 is 2.23 bits per heavy atom. The minimum absolute atomic E-state index is 0.0482. The summed E-state index contributed by atoms with van der Waals surface area (Å²) in [5.74, 6) is -0.0371. The van der Waals surface area contributed by atoms with Crippen molar-refractivity contribution >= 4 is 28.2 Å². The van der Waals surface area contributed by atoms with Gasteiger partial charge in [0.1, 0.15) is 17.2 Å². The molecule has 0 fully saturated rings. The lowest BCUT2D eigenvalue weighted by molar-refractivity contribution is -0.118. The molecule has 1 amide bonds. The van der Waals surface area contributed by atoms with E-state index in [-0.39, 0.29) is 12.3 Å². The van der Waals surface area contributed by atoms with E-state index in [2.05, 4.69) is 18.3 Å². The van der Waals surface area contributed by atoms with Crippen LogP contribution in [0.1, 0.15) is 57.8 Å². The molecule has 0 saturated heterocycles. The van der Waals surface area contributed by atoms with Gasteiger partial charge in [-0.2, -0.15) is 5.26 Å². The molecular formula is C20H18N2O3S. The van der Waals surface area contributed by atoms with Gasteiger partial charge in [0.25, 0.3) is 0 Å². The van der Waals surface area contributed by atoms with E-state index in [0.717, 1.165) is 30.4 Å². The van der Waals surface area contributed by atoms with Crippen molar-refractivity contribution in [3.8, 4) is 6.07 Å². The Labute approximate surface area is 155 Å². The molecule has 1 aromatic carbocycles. The van der Waals surface area contributed by atoms with Gasteiger partial charge in [0.15, 0.2) is 0 Å². The number of rotatable bonds is 3. The molecule has 5 nitrogen and oxygen atoms in total. The zero-order chi connectivity index (χ0) is 18.3. The van der Waals surface area contributed by atoms with E-state index in [9.17, 15) is 14.9 Å². The molecule has 2 heterocycles. The predicted molar refractivity (Wildman–Crippen MR) is 98.1 cm³/mol. The molecule has 1 N–H and O–H groups in total. The standard InChI is InChI=1S/C20H18N2O3S/c1-11-6-7-13-15(10-21)19(26-17(13)8-11)22-18(23)9-16-12-4-2-3-5-14(12)20(24)25-16/h2-5,11,16H,6-9H2,1H3,(H,22,23)/t11-,16-/m0/s1. The summed E-state index contributed by atoms with van der Waals surface area (Å²) in [6.07, 6.45) is 2.39. The number of cyclic esters (lactones) is 1. The summed E-state index contributed by atoms with van der Waals surface area (Å²) in [5, 5.41) is 13.0. The molecule has 4 rings (SSSR count).